The van der Waals surface area contributed by atoms with Crippen molar-refractivity contribution in [2.45, 2.75) is 26.7 Å². The monoisotopic (exact) mass is 214 g/mol. The average Bonchev–Trinajstić information content (AvgIpc) is 2.28. The third kappa shape index (κ3) is 3.74. The van der Waals surface area contributed by atoms with Crippen molar-refractivity contribution in [1.82, 2.24) is 10.2 Å². The summed E-state index contributed by atoms with van der Waals surface area (Å²) >= 11 is 0. The summed E-state index contributed by atoms with van der Waals surface area (Å²) < 4.78 is 5.66. The first-order valence-electron chi connectivity index (χ1n) is 6.21. The van der Waals surface area contributed by atoms with Crippen molar-refractivity contribution >= 4 is 0 Å². The Kier molecular flexibility index (Phi) is 5.58. The fourth-order valence-corrected chi connectivity index (χ4v) is 2.53. The summed E-state index contributed by atoms with van der Waals surface area (Å²) in [6, 6.07) is 0. The molecule has 0 aromatic carbocycles. The van der Waals surface area contributed by atoms with Crippen LogP contribution in [-0.2, 0) is 4.74 Å². The SMILES string of the molecule is CCN(CC)CC1(CNC)CCCOC1. The topological polar surface area (TPSA) is 24.5 Å². The molecule has 90 valence electrons. The fourth-order valence-electron chi connectivity index (χ4n) is 2.53. The van der Waals surface area contributed by atoms with Gasteiger partial charge in [0, 0.05) is 25.1 Å². The second kappa shape index (κ2) is 6.46. The Morgan fingerprint density at radius 3 is 2.53 bits per heavy atom. The number of hydrogen-bond acceptors (Lipinski definition) is 3. The predicted molar refractivity (Wildman–Crippen MR) is 64.2 cm³/mol. The Morgan fingerprint density at radius 2 is 2.07 bits per heavy atom. The van der Waals surface area contributed by atoms with Gasteiger partial charge in [0.1, 0.15) is 0 Å². The molecule has 1 atom stereocenters. The van der Waals surface area contributed by atoms with Gasteiger partial charge in [-0.1, -0.05) is 13.8 Å². The van der Waals surface area contributed by atoms with Crippen molar-refractivity contribution in [2.24, 2.45) is 5.41 Å². The van der Waals surface area contributed by atoms with Crippen LogP contribution in [0.2, 0.25) is 0 Å². The molecule has 0 aliphatic carbocycles. The quantitative estimate of drug-likeness (QED) is 0.722. The summed E-state index contributed by atoms with van der Waals surface area (Å²) in [7, 11) is 2.04. The highest BCUT2D eigenvalue weighted by atomic mass is 16.5. The van der Waals surface area contributed by atoms with E-state index in [1.54, 1.807) is 0 Å². The normalized spacial score (nSPS) is 27.2. The molecule has 1 aliphatic rings. The second-order valence-electron chi connectivity index (χ2n) is 4.65. The molecule has 0 aromatic heterocycles. The lowest BCUT2D eigenvalue weighted by atomic mass is 9.81. The highest BCUT2D eigenvalue weighted by Crippen LogP contribution is 2.28. The molecule has 1 fully saturated rings. The lowest BCUT2D eigenvalue weighted by Gasteiger charge is -2.40. The van der Waals surface area contributed by atoms with Crippen LogP contribution in [0.15, 0.2) is 0 Å². The highest BCUT2D eigenvalue weighted by Gasteiger charge is 2.33. The molecule has 1 rings (SSSR count). The average molecular weight is 214 g/mol. The van der Waals surface area contributed by atoms with E-state index < -0.39 is 0 Å². The van der Waals surface area contributed by atoms with Crippen LogP contribution in [0.25, 0.3) is 0 Å². The number of ether oxygens (including phenoxy) is 1. The lowest BCUT2D eigenvalue weighted by molar-refractivity contribution is -0.0239. The molecule has 3 heteroatoms. The van der Waals surface area contributed by atoms with Crippen molar-refractivity contribution < 1.29 is 4.74 Å². The van der Waals surface area contributed by atoms with Crippen LogP contribution in [-0.4, -0.2) is 51.3 Å². The minimum atomic E-state index is 0.346. The maximum Gasteiger partial charge on any atom is 0.0546 e. The van der Waals surface area contributed by atoms with Crippen molar-refractivity contribution in [1.29, 1.82) is 0 Å². The van der Waals surface area contributed by atoms with E-state index in [2.05, 4.69) is 24.1 Å². The third-order valence-corrected chi connectivity index (χ3v) is 3.41. The van der Waals surface area contributed by atoms with Crippen LogP contribution in [0.5, 0.6) is 0 Å². The molecule has 1 unspecified atom stereocenters. The van der Waals surface area contributed by atoms with Crippen molar-refractivity contribution in [3.63, 3.8) is 0 Å². The highest BCUT2D eigenvalue weighted by molar-refractivity contribution is 4.86. The minimum Gasteiger partial charge on any atom is -0.381 e. The van der Waals surface area contributed by atoms with Crippen LogP contribution < -0.4 is 5.32 Å². The molecule has 1 heterocycles. The van der Waals surface area contributed by atoms with E-state index in [0.717, 1.165) is 32.8 Å². The molecular weight excluding hydrogens is 188 g/mol. The van der Waals surface area contributed by atoms with E-state index in [0.29, 0.717) is 5.41 Å². The van der Waals surface area contributed by atoms with Gasteiger partial charge < -0.3 is 15.0 Å². The Hall–Kier alpha value is -0.120. The molecule has 0 aromatic rings. The maximum absolute atomic E-state index is 5.66. The van der Waals surface area contributed by atoms with Crippen LogP contribution in [0, 0.1) is 5.41 Å². The standard InChI is InChI=1S/C12H26N2O/c1-4-14(5-2)10-12(9-13-3)7-6-8-15-11-12/h13H,4-11H2,1-3H3. The zero-order valence-electron chi connectivity index (χ0n) is 10.5. The maximum atomic E-state index is 5.66. The molecule has 1 aliphatic heterocycles. The predicted octanol–water partition coefficient (Wildman–Crippen LogP) is 1.34. The number of hydrogen-bond donors (Lipinski definition) is 1. The summed E-state index contributed by atoms with van der Waals surface area (Å²) in [4.78, 5) is 2.51. The Bertz CT molecular complexity index is 157. The molecule has 0 radical (unpaired) electrons. The molecule has 0 amide bonds. The Balaban J connectivity index is 2.54. The molecule has 0 saturated carbocycles. The van der Waals surface area contributed by atoms with Gasteiger partial charge in [0.25, 0.3) is 0 Å². The number of rotatable bonds is 6. The van der Waals surface area contributed by atoms with Gasteiger partial charge in [-0.3, -0.25) is 0 Å². The Labute approximate surface area is 94.2 Å². The first kappa shape index (κ1) is 12.9. The summed E-state index contributed by atoms with van der Waals surface area (Å²) in [5.41, 5.74) is 0.346. The van der Waals surface area contributed by atoms with Gasteiger partial charge in [-0.25, -0.2) is 0 Å². The molecule has 1 saturated heterocycles. The zero-order chi connectivity index (χ0) is 11.1. The van der Waals surface area contributed by atoms with Crippen LogP contribution in [0.4, 0.5) is 0 Å². The van der Waals surface area contributed by atoms with E-state index in [4.69, 9.17) is 4.74 Å². The molecule has 0 spiro atoms. The Morgan fingerprint density at radius 1 is 1.33 bits per heavy atom. The molecule has 1 N–H and O–H groups in total. The molecular formula is C12H26N2O. The summed E-state index contributed by atoms with van der Waals surface area (Å²) in [6.07, 6.45) is 2.51. The van der Waals surface area contributed by atoms with Gasteiger partial charge in [-0.05, 0) is 33.0 Å². The van der Waals surface area contributed by atoms with Gasteiger partial charge in [0.05, 0.1) is 6.61 Å². The van der Waals surface area contributed by atoms with E-state index in [1.165, 1.54) is 19.4 Å². The molecule has 15 heavy (non-hydrogen) atoms. The number of nitrogens with one attached hydrogen (secondary N) is 1. The molecule has 3 nitrogen and oxygen atoms in total. The van der Waals surface area contributed by atoms with E-state index in [-0.39, 0.29) is 0 Å². The second-order valence-corrected chi connectivity index (χ2v) is 4.65. The van der Waals surface area contributed by atoms with Crippen molar-refractivity contribution in [2.75, 3.05) is 46.4 Å². The van der Waals surface area contributed by atoms with Gasteiger partial charge in [0.15, 0.2) is 0 Å². The van der Waals surface area contributed by atoms with Gasteiger partial charge >= 0.3 is 0 Å². The van der Waals surface area contributed by atoms with E-state index >= 15 is 0 Å². The van der Waals surface area contributed by atoms with Crippen LogP contribution >= 0.6 is 0 Å². The summed E-state index contributed by atoms with van der Waals surface area (Å²) in [5, 5.41) is 3.33. The van der Waals surface area contributed by atoms with Gasteiger partial charge in [-0.15, -0.1) is 0 Å². The van der Waals surface area contributed by atoms with Gasteiger partial charge in [0.2, 0.25) is 0 Å². The lowest BCUT2D eigenvalue weighted by Crippen LogP contribution is -2.48. The number of nitrogens with zero attached hydrogens (tertiary/aromatic N) is 1. The van der Waals surface area contributed by atoms with Crippen LogP contribution in [0.1, 0.15) is 26.7 Å². The van der Waals surface area contributed by atoms with E-state index in [1.807, 2.05) is 7.05 Å². The first-order chi connectivity index (χ1) is 7.26. The molecule has 0 bridgehead atoms. The largest absolute Gasteiger partial charge is 0.381 e. The smallest absolute Gasteiger partial charge is 0.0546 e. The fraction of sp³-hybridized carbons (Fsp3) is 1.00. The van der Waals surface area contributed by atoms with E-state index in [9.17, 15) is 0 Å². The van der Waals surface area contributed by atoms with Gasteiger partial charge in [-0.2, -0.15) is 0 Å². The van der Waals surface area contributed by atoms with Crippen LogP contribution in [0.3, 0.4) is 0 Å². The minimum absolute atomic E-state index is 0.346. The van der Waals surface area contributed by atoms with Crippen molar-refractivity contribution in [3.05, 3.63) is 0 Å². The first-order valence-corrected chi connectivity index (χ1v) is 6.21. The third-order valence-electron chi connectivity index (χ3n) is 3.41. The van der Waals surface area contributed by atoms with Crippen molar-refractivity contribution in [3.8, 4) is 0 Å². The zero-order valence-corrected chi connectivity index (χ0v) is 10.5. The summed E-state index contributed by atoms with van der Waals surface area (Å²) in [6.45, 7) is 10.9. The summed E-state index contributed by atoms with van der Waals surface area (Å²) in [5.74, 6) is 0.